The normalized spacial score (nSPS) is 16.6. The van der Waals surface area contributed by atoms with E-state index in [0.29, 0.717) is 11.4 Å². The number of carbonyl (C=O) groups is 2. The minimum Gasteiger partial charge on any atom is -0.374 e. The summed E-state index contributed by atoms with van der Waals surface area (Å²) in [5.74, 6) is -0.356. The van der Waals surface area contributed by atoms with Gasteiger partial charge in [0.15, 0.2) is 0 Å². The lowest BCUT2D eigenvalue weighted by Gasteiger charge is -2.43. The molecule has 2 aromatic carbocycles. The van der Waals surface area contributed by atoms with E-state index in [4.69, 9.17) is 0 Å². The highest BCUT2D eigenvalue weighted by atomic mass is 79.9. The fraction of sp³-hybridized carbons (Fsp3) is 0.263. The largest absolute Gasteiger partial charge is 0.374 e. The first kappa shape index (κ1) is 17.5. The number of anilines is 3. The molecule has 1 aliphatic heterocycles. The van der Waals surface area contributed by atoms with E-state index in [2.05, 4.69) is 26.6 Å². The molecular weight excluding hydrogens is 382 g/mol. The zero-order chi connectivity index (χ0) is 18.2. The first-order valence-electron chi connectivity index (χ1n) is 8.07. The van der Waals surface area contributed by atoms with Gasteiger partial charge in [-0.2, -0.15) is 0 Å². The quantitative estimate of drug-likeness (QED) is 0.816. The number of para-hydroxylation sites is 2. The Morgan fingerprint density at radius 2 is 1.80 bits per heavy atom. The van der Waals surface area contributed by atoms with Gasteiger partial charge in [0.2, 0.25) is 11.8 Å². The number of carbonyl (C=O) groups excluding carboxylic acids is 2. The van der Waals surface area contributed by atoms with Gasteiger partial charge in [-0.1, -0.05) is 28.1 Å². The number of fused-ring (bicyclic) bond motifs is 1. The van der Waals surface area contributed by atoms with Gasteiger partial charge in [-0.3, -0.25) is 14.5 Å². The lowest BCUT2D eigenvalue weighted by Crippen LogP contribution is -2.61. The summed E-state index contributed by atoms with van der Waals surface area (Å²) in [7, 11) is 0. The van der Waals surface area contributed by atoms with Crippen molar-refractivity contribution in [1.29, 1.82) is 0 Å². The minimum atomic E-state index is -0.971. The smallest absolute Gasteiger partial charge is 0.250 e. The number of hydrogen-bond donors (Lipinski definition) is 2. The molecule has 0 fully saturated rings. The van der Waals surface area contributed by atoms with Crippen molar-refractivity contribution in [3.63, 3.8) is 0 Å². The standard InChI is InChI=1S/C19H20BrN3O2/c1-12(21-14-10-8-13(20)9-11-14)17(24)23-16-7-5-4-6-15(16)22-18(25)19(23,2)3/h4-12,21H,1-3H3,(H,22,25)/t12-/m0/s1. The number of benzene rings is 2. The van der Waals surface area contributed by atoms with E-state index in [1.807, 2.05) is 42.5 Å². The number of halogens is 1. The predicted molar refractivity (Wildman–Crippen MR) is 104 cm³/mol. The number of amides is 2. The van der Waals surface area contributed by atoms with Crippen LogP contribution in [0.15, 0.2) is 53.0 Å². The Bertz CT molecular complexity index is 818. The van der Waals surface area contributed by atoms with Gasteiger partial charge < -0.3 is 10.6 Å². The van der Waals surface area contributed by atoms with Crippen molar-refractivity contribution in [1.82, 2.24) is 0 Å². The summed E-state index contributed by atoms with van der Waals surface area (Å²) >= 11 is 3.40. The van der Waals surface area contributed by atoms with Crippen LogP contribution in [0.25, 0.3) is 0 Å². The third-order valence-electron chi connectivity index (χ3n) is 4.33. The molecule has 2 N–H and O–H groups in total. The van der Waals surface area contributed by atoms with Crippen molar-refractivity contribution in [3.8, 4) is 0 Å². The second-order valence-electron chi connectivity index (χ2n) is 6.58. The molecule has 2 amide bonds. The second-order valence-corrected chi connectivity index (χ2v) is 7.49. The van der Waals surface area contributed by atoms with Gasteiger partial charge >= 0.3 is 0 Å². The van der Waals surface area contributed by atoms with E-state index >= 15 is 0 Å². The molecule has 0 saturated heterocycles. The molecule has 0 aromatic heterocycles. The van der Waals surface area contributed by atoms with Gasteiger partial charge in [-0.25, -0.2) is 0 Å². The van der Waals surface area contributed by atoms with Gasteiger partial charge in [0.1, 0.15) is 11.6 Å². The summed E-state index contributed by atoms with van der Waals surface area (Å²) in [4.78, 5) is 27.2. The van der Waals surface area contributed by atoms with E-state index in [9.17, 15) is 9.59 Å². The van der Waals surface area contributed by atoms with E-state index in [1.54, 1.807) is 31.7 Å². The van der Waals surface area contributed by atoms with Crippen LogP contribution in [-0.4, -0.2) is 23.4 Å². The Morgan fingerprint density at radius 1 is 1.16 bits per heavy atom. The average Bonchev–Trinajstić information content (AvgIpc) is 2.57. The number of nitrogens with zero attached hydrogens (tertiary/aromatic N) is 1. The Labute approximate surface area is 155 Å². The summed E-state index contributed by atoms with van der Waals surface area (Å²) in [6, 6.07) is 14.5. The zero-order valence-corrected chi connectivity index (χ0v) is 15.9. The maximum atomic E-state index is 13.2. The second kappa shape index (κ2) is 6.52. The van der Waals surface area contributed by atoms with Crippen molar-refractivity contribution in [3.05, 3.63) is 53.0 Å². The highest BCUT2D eigenvalue weighted by Gasteiger charge is 2.44. The topological polar surface area (TPSA) is 61.4 Å². The van der Waals surface area contributed by atoms with E-state index in [1.165, 1.54) is 0 Å². The Morgan fingerprint density at radius 3 is 2.48 bits per heavy atom. The molecule has 0 aliphatic carbocycles. The SMILES string of the molecule is C[C@H](Nc1ccc(Br)cc1)C(=O)N1c2ccccc2NC(=O)C1(C)C. The predicted octanol–water partition coefficient (Wildman–Crippen LogP) is 4.01. The van der Waals surface area contributed by atoms with Crippen molar-refractivity contribution in [2.45, 2.75) is 32.4 Å². The fourth-order valence-electron chi connectivity index (χ4n) is 2.90. The molecule has 130 valence electrons. The fourth-order valence-corrected chi connectivity index (χ4v) is 3.16. The molecule has 6 heteroatoms. The molecule has 0 unspecified atom stereocenters. The molecule has 1 heterocycles. The molecule has 1 atom stereocenters. The summed E-state index contributed by atoms with van der Waals surface area (Å²) < 4.78 is 0.972. The molecule has 1 aliphatic rings. The Hall–Kier alpha value is -2.34. The van der Waals surface area contributed by atoms with Crippen LogP contribution in [0, 0.1) is 0 Å². The third-order valence-corrected chi connectivity index (χ3v) is 4.85. The molecule has 5 nitrogen and oxygen atoms in total. The van der Waals surface area contributed by atoms with Crippen LogP contribution in [0.3, 0.4) is 0 Å². The van der Waals surface area contributed by atoms with Crippen LogP contribution in [0.4, 0.5) is 17.1 Å². The number of hydrogen-bond acceptors (Lipinski definition) is 3. The molecule has 25 heavy (non-hydrogen) atoms. The molecule has 2 aromatic rings. The van der Waals surface area contributed by atoms with Crippen molar-refractivity contribution in [2.75, 3.05) is 15.5 Å². The molecule has 0 spiro atoms. The Balaban J connectivity index is 1.91. The lowest BCUT2D eigenvalue weighted by molar-refractivity contribution is -0.126. The van der Waals surface area contributed by atoms with Gasteiger partial charge in [0.05, 0.1) is 11.4 Å². The zero-order valence-electron chi connectivity index (χ0n) is 14.3. The van der Waals surface area contributed by atoms with Gasteiger partial charge in [-0.15, -0.1) is 0 Å². The molecular formula is C19H20BrN3O2. The van der Waals surface area contributed by atoms with Crippen molar-refractivity contribution >= 4 is 44.8 Å². The summed E-state index contributed by atoms with van der Waals surface area (Å²) in [5.41, 5.74) is 1.23. The van der Waals surface area contributed by atoms with Crippen LogP contribution in [-0.2, 0) is 9.59 Å². The highest BCUT2D eigenvalue weighted by molar-refractivity contribution is 9.10. The first-order chi connectivity index (χ1) is 11.8. The van der Waals surface area contributed by atoms with Crippen LogP contribution < -0.4 is 15.5 Å². The summed E-state index contributed by atoms with van der Waals surface area (Å²) in [6.07, 6.45) is 0. The van der Waals surface area contributed by atoms with Gasteiger partial charge in [0.25, 0.3) is 0 Å². The van der Waals surface area contributed by atoms with E-state index in [-0.39, 0.29) is 11.8 Å². The minimum absolute atomic E-state index is 0.157. The number of nitrogens with one attached hydrogen (secondary N) is 2. The van der Waals surface area contributed by atoms with Crippen LogP contribution in [0.1, 0.15) is 20.8 Å². The Kier molecular flexibility index (Phi) is 4.56. The maximum absolute atomic E-state index is 13.2. The summed E-state index contributed by atoms with van der Waals surface area (Å²) in [5, 5.41) is 6.08. The van der Waals surface area contributed by atoms with Crippen LogP contribution >= 0.6 is 15.9 Å². The number of rotatable bonds is 3. The highest BCUT2D eigenvalue weighted by Crippen LogP contribution is 2.37. The van der Waals surface area contributed by atoms with E-state index in [0.717, 1.165) is 10.2 Å². The monoisotopic (exact) mass is 401 g/mol. The van der Waals surface area contributed by atoms with E-state index < -0.39 is 11.6 Å². The molecule has 0 saturated carbocycles. The first-order valence-corrected chi connectivity index (χ1v) is 8.86. The third kappa shape index (κ3) is 3.26. The van der Waals surface area contributed by atoms with Crippen molar-refractivity contribution < 1.29 is 9.59 Å². The van der Waals surface area contributed by atoms with Crippen LogP contribution in [0.2, 0.25) is 0 Å². The van der Waals surface area contributed by atoms with Gasteiger partial charge in [-0.05, 0) is 57.2 Å². The van der Waals surface area contributed by atoms with Crippen molar-refractivity contribution in [2.24, 2.45) is 0 Å². The lowest BCUT2D eigenvalue weighted by atomic mass is 9.95. The molecule has 0 radical (unpaired) electrons. The summed E-state index contributed by atoms with van der Waals surface area (Å²) in [6.45, 7) is 5.31. The average molecular weight is 402 g/mol. The molecule has 0 bridgehead atoms. The maximum Gasteiger partial charge on any atom is 0.250 e. The molecule has 3 rings (SSSR count). The van der Waals surface area contributed by atoms with Gasteiger partial charge in [0, 0.05) is 10.2 Å². The van der Waals surface area contributed by atoms with Crippen LogP contribution in [0.5, 0.6) is 0 Å².